The fraction of sp³-hybridized carbons (Fsp3) is 0.200. The monoisotopic (exact) mass is 338 g/mol. The molecule has 5 heteroatoms. The lowest BCUT2D eigenvalue weighted by atomic mass is 10.1. The van der Waals surface area contributed by atoms with Crippen LogP contribution in [0.2, 0.25) is 0 Å². The largest absolute Gasteiger partial charge is 0.483 e. The number of fused-ring (bicyclic) bond motifs is 1. The number of benzene rings is 2. The Balaban J connectivity index is 1.78. The van der Waals surface area contributed by atoms with E-state index >= 15 is 0 Å². The van der Waals surface area contributed by atoms with E-state index in [9.17, 15) is 9.18 Å². The fourth-order valence-corrected chi connectivity index (χ4v) is 2.63. The molecule has 0 atom stereocenters. The molecule has 0 unspecified atom stereocenters. The number of nitrogens with zero attached hydrogens (tertiary/aromatic N) is 1. The predicted molar refractivity (Wildman–Crippen MR) is 96.5 cm³/mol. The maximum absolute atomic E-state index is 13.5. The number of hydrogen-bond acceptors (Lipinski definition) is 3. The number of hydrogen-bond donors (Lipinski definition) is 1. The quantitative estimate of drug-likeness (QED) is 0.771. The summed E-state index contributed by atoms with van der Waals surface area (Å²) in [7, 11) is 0. The normalized spacial score (nSPS) is 10.7. The minimum atomic E-state index is -0.375. The van der Waals surface area contributed by atoms with Gasteiger partial charge in [0.25, 0.3) is 5.91 Å². The average Bonchev–Trinajstić information content (AvgIpc) is 2.56. The number of nitrogens with one attached hydrogen (secondary N) is 1. The van der Waals surface area contributed by atoms with Gasteiger partial charge in [-0.1, -0.05) is 12.1 Å². The second kappa shape index (κ2) is 6.89. The van der Waals surface area contributed by atoms with Crippen LogP contribution in [0.5, 0.6) is 5.75 Å². The zero-order valence-corrected chi connectivity index (χ0v) is 14.4. The summed E-state index contributed by atoms with van der Waals surface area (Å²) in [5.74, 6) is -0.00526. The molecule has 0 radical (unpaired) electrons. The highest BCUT2D eigenvalue weighted by Crippen LogP contribution is 2.24. The van der Waals surface area contributed by atoms with Gasteiger partial charge in [-0.25, -0.2) is 4.39 Å². The van der Waals surface area contributed by atoms with Crippen LogP contribution in [0.4, 0.5) is 10.1 Å². The van der Waals surface area contributed by atoms with Crippen molar-refractivity contribution in [2.24, 2.45) is 0 Å². The number of aromatic nitrogens is 1. The molecule has 3 rings (SSSR count). The van der Waals surface area contributed by atoms with Crippen LogP contribution in [-0.2, 0) is 4.79 Å². The van der Waals surface area contributed by atoms with Crippen LogP contribution in [-0.4, -0.2) is 17.5 Å². The first-order valence-corrected chi connectivity index (χ1v) is 7.99. The molecule has 0 aliphatic carbocycles. The Labute approximate surface area is 145 Å². The van der Waals surface area contributed by atoms with E-state index in [1.165, 1.54) is 12.1 Å². The van der Waals surface area contributed by atoms with Gasteiger partial charge in [-0.3, -0.25) is 9.78 Å². The number of amides is 1. The Hall–Kier alpha value is -2.95. The van der Waals surface area contributed by atoms with E-state index in [4.69, 9.17) is 4.74 Å². The van der Waals surface area contributed by atoms with Crippen molar-refractivity contribution in [1.82, 2.24) is 4.98 Å². The van der Waals surface area contributed by atoms with Gasteiger partial charge in [-0.15, -0.1) is 0 Å². The molecule has 3 aromatic rings. The van der Waals surface area contributed by atoms with Crippen LogP contribution in [0.15, 0.2) is 42.5 Å². The number of halogens is 1. The van der Waals surface area contributed by atoms with E-state index in [2.05, 4.69) is 10.3 Å². The van der Waals surface area contributed by atoms with Gasteiger partial charge in [0, 0.05) is 11.1 Å². The molecule has 0 aliphatic rings. The molecule has 0 saturated heterocycles. The average molecular weight is 338 g/mol. The highest BCUT2D eigenvalue weighted by Gasteiger charge is 2.10. The molecule has 0 saturated carbocycles. The summed E-state index contributed by atoms with van der Waals surface area (Å²) < 4.78 is 19.2. The summed E-state index contributed by atoms with van der Waals surface area (Å²) in [5.41, 5.74) is 3.92. The van der Waals surface area contributed by atoms with Gasteiger partial charge < -0.3 is 10.1 Å². The Morgan fingerprint density at radius 2 is 1.92 bits per heavy atom. The minimum Gasteiger partial charge on any atom is -0.483 e. The summed E-state index contributed by atoms with van der Waals surface area (Å²) in [6.07, 6.45) is 0. The van der Waals surface area contributed by atoms with Crippen molar-refractivity contribution in [3.8, 4) is 5.75 Å². The molecule has 1 heterocycles. The molecule has 0 bridgehead atoms. The summed E-state index contributed by atoms with van der Waals surface area (Å²) in [6, 6.07) is 11.9. The first-order chi connectivity index (χ1) is 11.9. The standard InChI is InChI=1S/C20H19FN2O2/c1-12-4-5-13(2)19(8-12)25-11-20(24)23-18-9-14(3)22-17-7-6-15(21)10-16(17)18/h4-10H,11H2,1-3H3,(H,22,23,24). The highest BCUT2D eigenvalue weighted by atomic mass is 19.1. The van der Waals surface area contributed by atoms with Gasteiger partial charge in [0.15, 0.2) is 6.61 Å². The molecule has 0 spiro atoms. The molecule has 1 amide bonds. The predicted octanol–water partition coefficient (Wildman–Crippen LogP) is 4.32. The molecule has 128 valence electrons. The molecule has 0 fully saturated rings. The minimum absolute atomic E-state index is 0.123. The van der Waals surface area contributed by atoms with E-state index in [1.54, 1.807) is 12.1 Å². The SMILES string of the molecule is Cc1ccc(C)c(OCC(=O)Nc2cc(C)nc3ccc(F)cc23)c1. The number of rotatable bonds is 4. The van der Waals surface area contributed by atoms with Gasteiger partial charge in [0.1, 0.15) is 11.6 Å². The van der Waals surface area contributed by atoms with Gasteiger partial charge in [0.05, 0.1) is 11.2 Å². The smallest absolute Gasteiger partial charge is 0.262 e. The van der Waals surface area contributed by atoms with Crippen molar-refractivity contribution in [3.05, 3.63) is 65.1 Å². The lowest BCUT2D eigenvalue weighted by molar-refractivity contribution is -0.118. The first kappa shape index (κ1) is 16.9. The van der Waals surface area contributed by atoms with Crippen molar-refractivity contribution in [2.75, 3.05) is 11.9 Å². The summed E-state index contributed by atoms with van der Waals surface area (Å²) in [6.45, 7) is 5.59. The second-order valence-corrected chi connectivity index (χ2v) is 6.08. The third kappa shape index (κ3) is 3.94. The Morgan fingerprint density at radius 1 is 1.12 bits per heavy atom. The second-order valence-electron chi connectivity index (χ2n) is 6.08. The Morgan fingerprint density at radius 3 is 2.72 bits per heavy atom. The highest BCUT2D eigenvalue weighted by molar-refractivity contribution is 6.01. The number of ether oxygens (including phenoxy) is 1. The molecular formula is C20H19FN2O2. The van der Waals surface area contributed by atoms with Crippen LogP contribution < -0.4 is 10.1 Å². The molecule has 1 N–H and O–H groups in total. The zero-order valence-electron chi connectivity index (χ0n) is 14.4. The Bertz CT molecular complexity index is 954. The number of aryl methyl sites for hydroxylation is 3. The van der Waals surface area contributed by atoms with Crippen LogP contribution in [0, 0.1) is 26.6 Å². The van der Waals surface area contributed by atoms with Crippen molar-refractivity contribution in [1.29, 1.82) is 0 Å². The van der Waals surface area contributed by atoms with Crippen molar-refractivity contribution in [2.45, 2.75) is 20.8 Å². The van der Waals surface area contributed by atoms with Gasteiger partial charge in [-0.05, 0) is 62.2 Å². The molecule has 4 nitrogen and oxygen atoms in total. The molecular weight excluding hydrogens is 319 g/mol. The number of carbonyl (C=O) groups excluding carboxylic acids is 1. The number of pyridine rings is 1. The van der Waals surface area contributed by atoms with Crippen molar-refractivity contribution in [3.63, 3.8) is 0 Å². The summed E-state index contributed by atoms with van der Waals surface area (Å²) >= 11 is 0. The topological polar surface area (TPSA) is 51.2 Å². The van der Waals surface area contributed by atoms with Crippen LogP contribution >= 0.6 is 0 Å². The Kier molecular flexibility index (Phi) is 4.65. The van der Waals surface area contributed by atoms with E-state index < -0.39 is 0 Å². The van der Waals surface area contributed by atoms with E-state index in [0.717, 1.165) is 16.8 Å². The van der Waals surface area contributed by atoms with E-state index in [0.29, 0.717) is 22.3 Å². The lowest BCUT2D eigenvalue weighted by Crippen LogP contribution is -2.20. The fourth-order valence-electron chi connectivity index (χ4n) is 2.63. The zero-order chi connectivity index (χ0) is 18.0. The third-order valence-corrected chi connectivity index (χ3v) is 3.88. The van der Waals surface area contributed by atoms with Gasteiger partial charge >= 0.3 is 0 Å². The molecule has 25 heavy (non-hydrogen) atoms. The maximum Gasteiger partial charge on any atom is 0.262 e. The number of anilines is 1. The van der Waals surface area contributed by atoms with E-state index in [-0.39, 0.29) is 18.3 Å². The van der Waals surface area contributed by atoms with Crippen LogP contribution in [0.25, 0.3) is 10.9 Å². The molecule has 0 aliphatic heterocycles. The number of carbonyl (C=O) groups is 1. The van der Waals surface area contributed by atoms with Crippen molar-refractivity contribution < 1.29 is 13.9 Å². The molecule has 2 aromatic carbocycles. The van der Waals surface area contributed by atoms with Crippen LogP contribution in [0.1, 0.15) is 16.8 Å². The van der Waals surface area contributed by atoms with E-state index in [1.807, 2.05) is 39.0 Å². The lowest BCUT2D eigenvalue weighted by Gasteiger charge is -2.12. The first-order valence-electron chi connectivity index (χ1n) is 7.99. The van der Waals surface area contributed by atoms with Crippen LogP contribution in [0.3, 0.4) is 0 Å². The summed E-state index contributed by atoms with van der Waals surface area (Å²) in [5, 5.41) is 3.35. The maximum atomic E-state index is 13.5. The summed E-state index contributed by atoms with van der Waals surface area (Å²) in [4.78, 5) is 16.6. The van der Waals surface area contributed by atoms with Gasteiger partial charge in [-0.2, -0.15) is 0 Å². The molecule has 1 aromatic heterocycles. The third-order valence-electron chi connectivity index (χ3n) is 3.88. The van der Waals surface area contributed by atoms with Gasteiger partial charge in [0.2, 0.25) is 0 Å². The van der Waals surface area contributed by atoms with Crippen molar-refractivity contribution >= 4 is 22.5 Å².